The highest BCUT2D eigenvalue weighted by Crippen LogP contribution is 2.24. The van der Waals surface area contributed by atoms with Gasteiger partial charge in [0.05, 0.1) is 0 Å². The molecule has 1 aromatic carbocycles. The Balaban J connectivity index is 3.42. The topological polar surface area (TPSA) is 63.4 Å². The van der Waals surface area contributed by atoms with Gasteiger partial charge in [-0.1, -0.05) is 0 Å². The fraction of sp³-hybridized carbons (Fsp3) is 0.455. The summed E-state index contributed by atoms with van der Waals surface area (Å²) in [5.74, 6) is -4.09. The first-order chi connectivity index (χ1) is 8.71. The Hall–Kier alpha value is -1.12. The van der Waals surface area contributed by atoms with Gasteiger partial charge in [0.15, 0.2) is 4.90 Å². The van der Waals surface area contributed by atoms with Crippen LogP contribution in [0.4, 0.5) is 13.2 Å². The first kappa shape index (κ1) is 15.9. The smallest absolute Gasteiger partial charge is 0.249 e. The monoisotopic (exact) mass is 296 g/mol. The highest BCUT2D eigenvalue weighted by Gasteiger charge is 2.32. The number of benzene rings is 1. The first-order valence-electron chi connectivity index (χ1n) is 5.58. The zero-order valence-electron chi connectivity index (χ0n) is 10.5. The van der Waals surface area contributed by atoms with Crippen LogP contribution in [0.1, 0.15) is 13.8 Å². The van der Waals surface area contributed by atoms with Crippen LogP contribution in [-0.4, -0.2) is 31.9 Å². The molecule has 0 unspecified atom stereocenters. The van der Waals surface area contributed by atoms with Crippen LogP contribution in [0.3, 0.4) is 0 Å². The Morgan fingerprint density at radius 2 is 1.68 bits per heavy atom. The number of hydrogen-bond donors (Lipinski definition) is 1. The number of sulfonamides is 1. The fourth-order valence-corrected chi connectivity index (χ4v) is 3.42. The molecular weight excluding hydrogens is 281 g/mol. The lowest BCUT2D eigenvalue weighted by molar-refractivity contribution is 0.355. The third kappa shape index (κ3) is 3.26. The molecule has 0 saturated heterocycles. The van der Waals surface area contributed by atoms with Gasteiger partial charge in [0.25, 0.3) is 0 Å². The van der Waals surface area contributed by atoms with Gasteiger partial charge >= 0.3 is 0 Å². The van der Waals surface area contributed by atoms with Crippen molar-refractivity contribution in [1.82, 2.24) is 4.31 Å². The van der Waals surface area contributed by atoms with Crippen molar-refractivity contribution in [2.75, 3.05) is 13.1 Å². The number of nitrogens with zero attached hydrogens (tertiary/aromatic N) is 1. The summed E-state index contributed by atoms with van der Waals surface area (Å²) in [6, 6.07) is 0.130. The second-order valence-electron chi connectivity index (χ2n) is 4.20. The average molecular weight is 296 g/mol. The van der Waals surface area contributed by atoms with Crippen molar-refractivity contribution in [3.8, 4) is 0 Å². The highest BCUT2D eigenvalue weighted by atomic mass is 32.2. The van der Waals surface area contributed by atoms with E-state index >= 15 is 0 Å². The molecular formula is C11H15F3N2O2S. The Morgan fingerprint density at radius 1 is 1.21 bits per heavy atom. The lowest BCUT2D eigenvalue weighted by atomic mass is 10.3. The zero-order valence-corrected chi connectivity index (χ0v) is 11.3. The van der Waals surface area contributed by atoms with E-state index in [9.17, 15) is 21.6 Å². The molecule has 1 aromatic rings. The van der Waals surface area contributed by atoms with Gasteiger partial charge in [-0.25, -0.2) is 21.6 Å². The van der Waals surface area contributed by atoms with E-state index in [1.165, 1.54) is 0 Å². The van der Waals surface area contributed by atoms with Crippen molar-refractivity contribution in [3.63, 3.8) is 0 Å². The van der Waals surface area contributed by atoms with Crippen LogP contribution >= 0.6 is 0 Å². The van der Waals surface area contributed by atoms with E-state index in [4.69, 9.17) is 5.73 Å². The van der Waals surface area contributed by atoms with E-state index in [0.717, 1.165) is 4.31 Å². The van der Waals surface area contributed by atoms with E-state index in [1.54, 1.807) is 13.8 Å². The predicted octanol–water partition coefficient (Wildman–Crippen LogP) is 1.46. The summed E-state index contributed by atoms with van der Waals surface area (Å²) in [5.41, 5.74) is 5.29. The van der Waals surface area contributed by atoms with Crippen molar-refractivity contribution in [2.24, 2.45) is 5.73 Å². The normalized spacial score (nSPS) is 12.4. The zero-order chi connectivity index (χ0) is 14.8. The van der Waals surface area contributed by atoms with Gasteiger partial charge in [-0.3, -0.25) is 0 Å². The van der Waals surface area contributed by atoms with E-state index in [1.807, 2.05) is 0 Å². The third-order valence-electron chi connectivity index (χ3n) is 2.46. The summed E-state index contributed by atoms with van der Waals surface area (Å²) in [5, 5.41) is 0. The molecule has 0 spiro atoms. The lowest BCUT2D eigenvalue weighted by Gasteiger charge is -2.25. The molecule has 2 N–H and O–H groups in total. The quantitative estimate of drug-likeness (QED) is 0.895. The minimum atomic E-state index is -4.40. The van der Waals surface area contributed by atoms with Crippen LogP contribution < -0.4 is 5.73 Å². The van der Waals surface area contributed by atoms with Crippen molar-refractivity contribution >= 4 is 10.0 Å². The molecule has 0 aliphatic rings. The average Bonchev–Trinajstić information content (AvgIpc) is 2.22. The van der Waals surface area contributed by atoms with Gasteiger partial charge in [0.1, 0.15) is 17.5 Å². The Labute approximate surface area is 110 Å². The first-order valence-corrected chi connectivity index (χ1v) is 7.02. The lowest BCUT2D eigenvalue weighted by Crippen LogP contribution is -2.41. The second kappa shape index (κ2) is 5.89. The van der Waals surface area contributed by atoms with Crippen LogP contribution in [0.2, 0.25) is 0 Å². The molecule has 108 valence electrons. The van der Waals surface area contributed by atoms with Crippen molar-refractivity contribution < 1.29 is 21.6 Å². The van der Waals surface area contributed by atoms with Crippen molar-refractivity contribution in [2.45, 2.75) is 24.8 Å². The van der Waals surface area contributed by atoms with E-state index in [-0.39, 0.29) is 13.1 Å². The van der Waals surface area contributed by atoms with Gasteiger partial charge in [0.2, 0.25) is 10.0 Å². The standard InChI is InChI=1S/C11H15F3N2O2S/c1-7(2)16(4-3-15)19(17,18)11-9(13)5-8(12)6-10(11)14/h5-7H,3-4,15H2,1-2H3. The molecule has 19 heavy (non-hydrogen) atoms. The Morgan fingerprint density at radius 3 is 2.05 bits per heavy atom. The molecule has 0 aliphatic heterocycles. The maximum atomic E-state index is 13.6. The highest BCUT2D eigenvalue weighted by molar-refractivity contribution is 7.89. The van der Waals surface area contributed by atoms with E-state index in [2.05, 4.69) is 0 Å². The van der Waals surface area contributed by atoms with E-state index < -0.39 is 38.4 Å². The molecule has 0 aromatic heterocycles. The minimum absolute atomic E-state index is 0.00183. The van der Waals surface area contributed by atoms with Crippen molar-refractivity contribution in [3.05, 3.63) is 29.6 Å². The number of halogens is 3. The maximum Gasteiger partial charge on any atom is 0.249 e. The van der Waals surface area contributed by atoms with Gasteiger partial charge < -0.3 is 5.73 Å². The second-order valence-corrected chi connectivity index (χ2v) is 6.02. The van der Waals surface area contributed by atoms with Gasteiger partial charge in [0, 0.05) is 31.3 Å². The van der Waals surface area contributed by atoms with E-state index in [0.29, 0.717) is 12.1 Å². The van der Waals surface area contributed by atoms with Gasteiger partial charge in [-0.2, -0.15) is 4.31 Å². The van der Waals surface area contributed by atoms with Crippen LogP contribution in [0.15, 0.2) is 17.0 Å². The van der Waals surface area contributed by atoms with Crippen LogP contribution in [0.25, 0.3) is 0 Å². The summed E-state index contributed by atoms with van der Waals surface area (Å²) >= 11 is 0. The molecule has 0 radical (unpaired) electrons. The third-order valence-corrected chi connectivity index (χ3v) is 4.58. The molecule has 0 bridgehead atoms. The summed E-state index contributed by atoms with van der Waals surface area (Å²) in [7, 11) is -4.40. The molecule has 0 amide bonds. The number of rotatable bonds is 5. The molecule has 1 rings (SSSR count). The molecule has 0 atom stereocenters. The van der Waals surface area contributed by atoms with Crippen molar-refractivity contribution in [1.29, 1.82) is 0 Å². The van der Waals surface area contributed by atoms with Gasteiger partial charge in [-0.15, -0.1) is 0 Å². The van der Waals surface area contributed by atoms with Crippen LogP contribution in [0.5, 0.6) is 0 Å². The number of nitrogens with two attached hydrogens (primary N) is 1. The minimum Gasteiger partial charge on any atom is -0.329 e. The Bertz CT molecular complexity index is 538. The molecule has 0 aliphatic carbocycles. The number of hydrogen-bond acceptors (Lipinski definition) is 3. The molecule has 0 heterocycles. The maximum absolute atomic E-state index is 13.6. The summed E-state index contributed by atoms with van der Waals surface area (Å²) in [6.45, 7) is 3.01. The molecule has 8 heteroatoms. The molecule has 0 saturated carbocycles. The Kier molecular flexibility index (Phi) is 4.94. The largest absolute Gasteiger partial charge is 0.329 e. The summed E-state index contributed by atoms with van der Waals surface area (Å²) in [4.78, 5) is -1.16. The van der Waals surface area contributed by atoms with Crippen LogP contribution in [0, 0.1) is 17.5 Å². The van der Waals surface area contributed by atoms with Crippen LogP contribution in [-0.2, 0) is 10.0 Å². The predicted molar refractivity (Wildman–Crippen MR) is 64.4 cm³/mol. The summed E-state index contributed by atoms with van der Waals surface area (Å²) in [6.07, 6.45) is 0. The fourth-order valence-electron chi connectivity index (χ4n) is 1.68. The SMILES string of the molecule is CC(C)N(CCN)S(=O)(=O)c1c(F)cc(F)cc1F. The summed E-state index contributed by atoms with van der Waals surface area (Å²) < 4.78 is 65.1. The van der Waals surface area contributed by atoms with Gasteiger partial charge in [-0.05, 0) is 13.8 Å². The molecule has 0 fully saturated rings. The molecule has 4 nitrogen and oxygen atoms in total.